The van der Waals surface area contributed by atoms with E-state index in [9.17, 15) is 0 Å². The van der Waals surface area contributed by atoms with Gasteiger partial charge in [-0.25, -0.2) is 0 Å². The van der Waals surface area contributed by atoms with Crippen LogP contribution in [0.2, 0.25) is 0 Å². The van der Waals surface area contributed by atoms with Gasteiger partial charge in [-0.15, -0.1) is 0 Å². The Morgan fingerprint density at radius 2 is 1.69 bits per heavy atom. The topological polar surface area (TPSA) is 27.3 Å². The molecule has 138 valence electrons. The molecule has 1 fully saturated rings. The Balaban J connectivity index is 1.58. The second kappa shape index (κ2) is 8.54. The zero-order valence-corrected chi connectivity index (χ0v) is 16.8. The van der Waals surface area contributed by atoms with E-state index in [2.05, 4.69) is 78.8 Å². The predicted molar refractivity (Wildman–Crippen MR) is 116 cm³/mol. The van der Waals surface area contributed by atoms with E-state index in [-0.39, 0.29) is 6.04 Å². The van der Waals surface area contributed by atoms with Crippen molar-refractivity contribution >= 4 is 28.7 Å². The lowest BCUT2D eigenvalue weighted by Gasteiger charge is -2.29. The molecule has 0 radical (unpaired) electrons. The molecule has 0 aliphatic carbocycles. The van der Waals surface area contributed by atoms with Gasteiger partial charge in [0.25, 0.3) is 0 Å². The number of hydrogen-bond donors (Lipinski definition) is 2. The average molecular weight is 368 g/mol. The maximum Gasteiger partial charge on any atom is 0.171 e. The van der Waals surface area contributed by atoms with Gasteiger partial charge < -0.3 is 15.5 Å². The van der Waals surface area contributed by atoms with Crippen LogP contribution in [0.4, 0.5) is 11.4 Å². The minimum Gasteiger partial charge on any atom is -0.372 e. The van der Waals surface area contributed by atoms with Crippen molar-refractivity contribution in [3.8, 4) is 0 Å². The summed E-state index contributed by atoms with van der Waals surface area (Å²) in [6, 6.07) is 15.4. The van der Waals surface area contributed by atoms with Crippen LogP contribution in [0.3, 0.4) is 0 Å². The smallest absolute Gasteiger partial charge is 0.171 e. The second-order valence-electron chi connectivity index (χ2n) is 7.28. The number of anilines is 2. The van der Waals surface area contributed by atoms with Gasteiger partial charge in [-0.3, -0.25) is 0 Å². The molecule has 3 rings (SSSR count). The summed E-state index contributed by atoms with van der Waals surface area (Å²) in [6.45, 7) is 8.70. The maximum absolute atomic E-state index is 5.50. The van der Waals surface area contributed by atoms with E-state index in [1.54, 1.807) is 0 Å². The van der Waals surface area contributed by atoms with Crippen molar-refractivity contribution < 1.29 is 0 Å². The van der Waals surface area contributed by atoms with E-state index in [1.807, 2.05) is 0 Å². The normalized spacial score (nSPS) is 15.4. The van der Waals surface area contributed by atoms with E-state index in [4.69, 9.17) is 12.2 Å². The maximum atomic E-state index is 5.50. The van der Waals surface area contributed by atoms with Crippen molar-refractivity contribution in [1.29, 1.82) is 0 Å². The molecule has 0 aromatic heterocycles. The van der Waals surface area contributed by atoms with Crippen molar-refractivity contribution in [3.63, 3.8) is 0 Å². The molecule has 0 bridgehead atoms. The van der Waals surface area contributed by atoms with Crippen LogP contribution in [0.15, 0.2) is 42.5 Å². The van der Waals surface area contributed by atoms with Crippen LogP contribution >= 0.6 is 12.2 Å². The molecular weight excluding hydrogens is 338 g/mol. The summed E-state index contributed by atoms with van der Waals surface area (Å²) in [5, 5.41) is 7.36. The standard InChI is InChI=1S/C22H29N3S/c1-16-7-12-21(17(2)15-16)24-22(26)23-18(3)19-8-10-20(11-9-19)25-13-5-4-6-14-25/h7-12,15,18H,4-6,13-14H2,1-3H3,(H2,23,24,26). The summed E-state index contributed by atoms with van der Waals surface area (Å²) in [4.78, 5) is 2.48. The van der Waals surface area contributed by atoms with Gasteiger partial charge in [-0.1, -0.05) is 29.8 Å². The minimum atomic E-state index is 0.163. The quantitative estimate of drug-likeness (QED) is 0.713. The molecular formula is C22H29N3S. The molecule has 26 heavy (non-hydrogen) atoms. The Hall–Kier alpha value is -2.07. The Morgan fingerprint density at radius 3 is 2.35 bits per heavy atom. The van der Waals surface area contributed by atoms with Gasteiger partial charge in [-0.05, 0) is 81.6 Å². The molecule has 0 saturated carbocycles. The molecule has 2 aromatic rings. The lowest BCUT2D eigenvalue weighted by Crippen LogP contribution is -2.31. The SMILES string of the molecule is Cc1ccc(NC(=S)NC(C)c2ccc(N3CCCCC3)cc2)c(C)c1. The molecule has 1 aliphatic heterocycles. The highest BCUT2D eigenvalue weighted by molar-refractivity contribution is 7.80. The molecule has 1 unspecified atom stereocenters. The van der Waals surface area contributed by atoms with Gasteiger partial charge in [0, 0.05) is 24.5 Å². The summed E-state index contributed by atoms with van der Waals surface area (Å²) in [5.74, 6) is 0. The molecule has 1 atom stereocenters. The van der Waals surface area contributed by atoms with E-state index < -0.39 is 0 Å². The van der Waals surface area contributed by atoms with E-state index in [0.717, 1.165) is 5.69 Å². The van der Waals surface area contributed by atoms with Crippen LogP contribution in [-0.2, 0) is 0 Å². The Morgan fingerprint density at radius 1 is 1.00 bits per heavy atom. The van der Waals surface area contributed by atoms with Crippen LogP contribution in [0, 0.1) is 13.8 Å². The van der Waals surface area contributed by atoms with Crippen LogP contribution in [-0.4, -0.2) is 18.2 Å². The third-order valence-electron chi connectivity index (χ3n) is 5.09. The summed E-state index contributed by atoms with van der Waals surface area (Å²) >= 11 is 5.50. The molecule has 0 amide bonds. The number of aryl methyl sites for hydroxylation is 2. The highest BCUT2D eigenvalue weighted by atomic mass is 32.1. The van der Waals surface area contributed by atoms with E-state index >= 15 is 0 Å². The third kappa shape index (κ3) is 4.76. The Bertz CT molecular complexity index is 748. The zero-order chi connectivity index (χ0) is 18.5. The first-order valence-electron chi connectivity index (χ1n) is 9.52. The fourth-order valence-electron chi connectivity index (χ4n) is 3.52. The van der Waals surface area contributed by atoms with Crippen molar-refractivity contribution in [2.24, 2.45) is 0 Å². The second-order valence-corrected chi connectivity index (χ2v) is 7.69. The molecule has 3 nitrogen and oxygen atoms in total. The average Bonchev–Trinajstić information content (AvgIpc) is 2.65. The van der Waals surface area contributed by atoms with Crippen LogP contribution < -0.4 is 15.5 Å². The molecule has 2 aromatic carbocycles. The zero-order valence-electron chi connectivity index (χ0n) is 16.0. The minimum absolute atomic E-state index is 0.163. The first-order chi connectivity index (χ1) is 12.5. The first-order valence-corrected chi connectivity index (χ1v) is 9.93. The fraction of sp³-hybridized carbons (Fsp3) is 0.409. The van der Waals surface area contributed by atoms with Gasteiger partial charge in [-0.2, -0.15) is 0 Å². The van der Waals surface area contributed by atoms with Gasteiger partial charge in [0.15, 0.2) is 5.11 Å². The van der Waals surface area contributed by atoms with E-state index in [0.29, 0.717) is 5.11 Å². The molecule has 2 N–H and O–H groups in total. The first kappa shape index (κ1) is 18.7. The largest absolute Gasteiger partial charge is 0.372 e. The predicted octanol–water partition coefficient (Wildman–Crippen LogP) is 5.34. The van der Waals surface area contributed by atoms with Crippen molar-refractivity contribution in [1.82, 2.24) is 5.32 Å². The summed E-state index contributed by atoms with van der Waals surface area (Å²) in [6.07, 6.45) is 3.97. The molecule has 1 saturated heterocycles. The molecule has 0 spiro atoms. The number of thiocarbonyl (C=S) groups is 1. The molecule has 1 heterocycles. The number of benzene rings is 2. The Labute approximate surface area is 162 Å². The van der Waals surface area contributed by atoms with Gasteiger partial charge in [0.2, 0.25) is 0 Å². The highest BCUT2D eigenvalue weighted by Crippen LogP contribution is 2.23. The number of nitrogens with zero attached hydrogens (tertiary/aromatic N) is 1. The van der Waals surface area contributed by atoms with Crippen LogP contribution in [0.5, 0.6) is 0 Å². The van der Waals surface area contributed by atoms with Crippen molar-refractivity contribution in [2.45, 2.75) is 46.1 Å². The fourth-order valence-corrected chi connectivity index (χ4v) is 3.80. The van der Waals surface area contributed by atoms with Gasteiger partial charge >= 0.3 is 0 Å². The lowest BCUT2D eigenvalue weighted by molar-refractivity contribution is 0.577. The van der Waals surface area contributed by atoms with Crippen LogP contribution in [0.1, 0.15) is 48.9 Å². The summed E-state index contributed by atoms with van der Waals surface area (Å²) in [7, 11) is 0. The number of nitrogens with one attached hydrogen (secondary N) is 2. The van der Waals surface area contributed by atoms with Gasteiger partial charge in [0.1, 0.15) is 0 Å². The molecule has 1 aliphatic rings. The lowest BCUT2D eigenvalue weighted by atomic mass is 10.1. The summed E-state index contributed by atoms with van der Waals surface area (Å²) < 4.78 is 0. The van der Waals surface area contributed by atoms with Crippen LogP contribution in [0.25, 0.3) is 0 Å². The summed E-state index contributed by atoms with van der Waals surface area (Å²) in [5.41, 5.74) is 6.09. The van der Waals surface area contributed by atoms with Crippen molar-refractivity contribution in [2.75, 3.05) is 23.3 Å². The van der Waals surface area contributed by atoms with E-state index in [1.165, 1.54) is 54.7 Å². The number of rotatable bonds is 4. The number of piperidine rings is 1. The number of hydrogen-bond acceptors (Lipinski definition) is 2. The third-order valence-corrected chi connectivity index (χ3v) is 5.31. The highest BCUT2D eigenvalue weighted by Gasteiger charge is 2.12. The van der Waals surface area contributed by atoms with Gasteiger partial charge in [0.05, 0.1) is 6.04 Å². The van der Waals surface area contributed by atoms with Crippen molar-refractivity contribution in [3.05, 3.63) is 59.2 Å². The molecule has 4 heteroatoms. The monoisotopic (exact) mass is 367 g/mol. The Kier molecular flexibility index (Phi) is 6.15.